The number of halogens is 1. The molecule has 1 aliphatic carbocycles. The SMILES string of the molecule is Cc1cccc(F)c1C(O)N1CCC[C@H](C(=O)Nc2cccc(C(C)(C)C)c2)C1[C@@H]1C=CC(N2CCCC2=O)=CC1. The number of carbonyl (C=O) groups excluding carboxylic acids is 2. The predicted molar refractivity (Wildman–Crippen MR) is 159 cm³/mol. The Morgan fingerprint density at radius 1 is 1.12 bits per heavy atom. The molecule has 2 amide bonds. The average Bonchev–Trinajstić information content (AvgIpc) is 3.38. The van der Waals surface area contributed by atoms with Crippen molar-refractivity contribution in [2.75, 3.05) is 18.4 Å². The third-order valence-electron chi connectivity index (χ3n) is 8.84. The highest BCUT2D eigenvalue weighted by Crippen LogP contribution is 2.40. The van der Waals surface area contributed by atoms with E-state index in [4.69, 9.17) is 0 Å². The Morgan fingerprint density at radius 2 is 1.90 bits per heavy atom. The number of aliphatic hydroxyl groups excluding tert-OH is 1. The first kappa shape index (κ1) is 29.2. The molecule has 41 heavy (non-hydrogen) atoms. The summed E-state index contributed by atoms with van der Waals surface area (Å²) in [5.74, 6) is -0.910. The molecule has 0 saturated carbocycles. The highest BCUT2D eigenvalue weighted by Gasteiger charge is 2.43. The topological polar surface area (TPSA) is 72.9 Å². The molecule has 6 nitrogen and oxygen atoms in total. The van der Waals surface area contributed by atoms with E-state index in [0.717, 1.165) is 29.9 Å². The zero-order chi connectivity index (χ0) is 29.3. The zero-order valence-electron chi connectivity index (χ0n) is 24.6. The Hall–Kier alpha value is -3.29. The van der Waals surface area contributed by atoms with Crippen LogP contribution in [0.2, 0.25) is 0 Å². The monoisotopic (exact) mass is 559 g/mol. The summed E-state index contributed by atoms with van der Waals surface area (Å²) in [6.07, 6.45) is 8.38. The Balaban J connectivity index is 1.45. The van der Waals surface area contributed by atoms with Crippen LogP contribution in [0.15, 0.2) is 66.4 Å². The molecule has 0 spiro atoms. The summed E-state index contributed by atoms with van der Waals surface area (Å²) >= 11 is 0. The number of amides is 2. The number of anilines is 1. The Bertz CT molecular complexity index is 1340. The maximum absolute atomic E-state index is 15.0. The molecule has 2 aromatic rings. The van der Waals surface area contributed by atoms with Crippen molar-refractivity contribution >= 4 is 17.5 Å². The van der Waals surface area contributed by atoms with Gasteiger partial charge in [-0.3, -0.25) is 14.5 Å². The van der Waals surface area contributed by atoms with Gasteiger partial charge in [-0.25, -0.2) is 4.39 Å². The van der Waals surface area contributed by atoms with Crippen LogP contribution in [0.4, 0.5) is 10.1 Å². The fourth-order valence-electron chi connectivity index (χ4n) is 6.60. The van der Waals surface area contributed by atoms with Crippen molar-refractivity contribution in [2.45, 2.75) is 77.5 Å². The molecular weight excluding hydrogens is 517 g/mol. The van der Waals surface area contributed by atoms with Crippen molar-refractivity contribution in [3.63, 3.8) is 0 Å². The normalized spacial score (nSPS) is 24.3. The van der Waals surface area contributed by atoms with Crippen LogP contribution >= 0.6 is 0 Å². The van der Waals surface area contributed by atoms with E-state index in [2.05, 4.69) is 44.3 Å². The summed E-state index contributed by atoms with van der Waals surface area (Å²) < 4.78 is 15.0. The van der Waals surface area contributed by atoms with Crippen molar-refractivity contribution in [2.24, 2.45) is 11.8 Å². The fourth-order valence-corrected chi connectivity index (χ4v) is 6.60. The number of nitrogens with zero attached hydrogens (tertiary/aromatic N) is 2. The minimum Gasteiger partial charge on any atom is -0.374 e. The minimum absolute atomic E-state index is 0.0553. The van der Waals surface area contributed by atoms with Crippen molar-refractivity contribution < 1.29 is 19.1 Å². The van der Waals surface area contributed by atoms with Crippen molar-refractivity contribution in [3.05, 3.63) is 88.9 Å². The number of nitrogens with one attached hydrogen (secondary N) is 1. The number of hydrogen-bond donors (Lipinski definition) is 2. The van der Waals surface area contributed by atoms with Gasteiger partial charge in [-0.15, -0.1) is 0 Å². The average molecular weight is 560 g/mol. The number of aliphatic hydroxyl groups is 1. The molecule has 4 atom stereocenters. The number of allylic oxidation sites excluding steroid dienone is 2. The molecule has 0 radical (unpaired) electrons. The molecule has 3 aliphatic rings. The number of rotatable bonds is 6. The maximum atomic E-state index is 15.0. The Morgan fingerprint density at radius 3 is 2.56 bits per heavy atom. The number of benzene rings is 2. The van der Waals surface area contributed by atoms with Gasteiger partial charge in [0.15, 0.2) is 0 Å². The first-order valence-electron chi connectivity index (χ1n) is 14.8. The Kier molecular flexibility index (Phi) is 8.48. The largest absolute Gasteiger partial charge is 0.374 e. The second-order valence-corrected chi connectivity index (χ2v) is 12.7. The molecule has 218 valence electrons. The molecule has 5 rings (SSSR count). The minimum atomic E-state index is -1.18. The van der Waals surface area contributed by atoms with E-state index >= 15 is 4.39 Å². The number of carbonyl (C=O) groups is 2. The lowest BCUT2D eigenvalue weighted by Crippen LogP contribution is -2.54. The quantitative estimate of drug-likeness (QED) is 0.441. The lowest BCUT2D eigenvalue weighted by Gasteiger charge is -2.46. The van der Waals surface area contributed by atoms with E-state index in [-0.39, 0.29) is 34.8 Å². The van der Waals surface area contributed by atoms with E-state index in [1.807, 2.05) is 34.1 Å². The van der Waals surface area contributed by atoms with Gasteiger partial charge in [-0.1, -0.05) is 57.2 Å². The van der Waals surface area contributed by atoms with Crippen molar-refractivity contribution in [1.29, 1.82) is 0 Å². The van der Waals surface area contributed by atoms with Crippen LogP contribution in [0.25, 0.3) is 0 Å². The highest BCUT2D eigenvalue weighted by atomic mass is 19.1. The van der Waals surface area contributed by atoms with E-state index in [1.165, 1.54) is 6.07 Å². The zero-order valence-corrected chi connectivity index (χ0v) is 24.6. The van der Waals surface area contributed by atoms with Crippen molar-refractivity contribution in [3.8, 4) is 0 Å². The van der Waals surface area contributed by atoms with Crippen molar-refractivity contribution in [1.82, 2.24) is 9.80 Å². The number of aryl methyl sites for hydroxylation is 1. The molecule has 2 saturated heterocycles. The summed E-state index contributed by atoms with van der Waals surface area (Å²) in [6, 6.07) is 12.4. The molecule has 0 bridgehead atoms. The molecular formula is C34H42FN3O3. The number of likely N-dealkylation sites (tertiary alicyclic amines) is 2. The van der Waals surface area contributed by atoms with Crippen LogP contribution in [0.3, 0.4) is 0 Å². The second-order valence-electron chi connectivity index (χ2n) is 12.7. The van der Waals surface area contributed by atoms with E-state index < -0.39 is 18.0 Å². The van der Waals surface area contributed by atoms with Crippen LogP contribution < -0.4 is 5.32 Å². The van der Waals surface area contributed by atoms with Crippen LogP contribution in [-0.4, -0.2) is 45.9 Å². The summed E-state index contributed by atoms with van der Waals surface area (Å²) in [5.41, 5.74) is 3.66. The molecule has 2 aliphatic heterocycles. The number of hydrogen-bond acceptors (Lipinski definition) is 4. The summed E-state index contributed by atoms with van der Waals surface area (Å²) in [4.78, 5) is 30.0. The third-order valence-corrected chi connectivity index (χ3v) is 8.84. The maximum Gasteiger partial charge on any atom is 0.229 e. The summed E-state index contributed by atoms with van der Waals surface area (Å²) in [5, 5.41) is 14.8. The smallest absolute Gasteiger partial charge is 0.229 e. The van der Waals surface area contributed by atoms with Gasteiger partial charge in [-0.05, 0) is 79.3 Å². The van der Waals surface area contributed by atoms with Crippen LogP contribution in [0, 0.1) is 24.6 Å². The molecule has 2 heterocycles. The van der Waals surface area contributed by atoms with Gasteiger partial charge in [0.2, 0.25) is 11.8 Å². The number of piperidine rings is 1. The standard InChI is InChI=1S/C34H42FN3O3/c1-22-9-5-13-28(35)30(22)33(41)38-20-7-12-27(32(40)36-25-11-6-10-24(21-25)34(2,3)4)31(38)23-15-17-26(18-16-23)37-19-8-14-29(37)39/h5-6,9-11,13,15,17-18,21,23,27,31,33,41H,7-8,12,14,16,19-20H2,1-4H3,(H,36,40)/t23-,27+,31?,33?/m1/s1. The summed E-state index contributed by atoms with van der Waals surface area (Å²) in [6.45, 7) is 9.50. The van der Waals surface area contributed by atoms with E-state index in [9.17, 15) is 14.7 Å². The molecule has 7 heteroatoms. The van der Waals surface area contributed by atoms with Gasteiger partial charge in [0.1, 0.15) is 12.0 Å². The first-order chi connectivity index (χ1) is 19.5. The molecule has 2 aromatic carbocycles. The molecule has 2 N–H and O–H groups in total. The second kappa shape index (κ2) is 11.9. The Labute approximate surface area is 242 Å². The van der Waals surface area contributed by atoms with Crippen LogP contribution in [0.5, 0.6) is 0 Å². The summed E-state index contributed by atoms with van der Waals surface area (Å²) in [7, 11) is 0. The fraction of sp³-hybridized carbons (Fsp3) is 0.471. The van der Waals surface area contributed by atoms with Gasteiger partial charge < -0.3 is 15.3 Å². The van der Waals surface area contributed by atoms with Gasteiger partial charge in [0.05, 0.1) is 5.92 Å². The highest BCUT2D eigenvalue weighted by molar-refractivity contribution is 5.93. The van der Waals surface area contributed by atoms with Gasteiger partial charge >= 0.3 is 0 Å². The lowest BCUT2D eigenvalue weighted by atomic mass is 9.77. The third kappa shape index (κ3) is 6.16. The van der Waals surface area contributed by atoms with Gasteiger partial charge in [0, 0.05) is 42.5 Å². The van der Waals surface area contributed by atoms with Crippen LogP contribution in [0.1, 0.15) is 75.8 Å². The van der Waals surface area contributed by atoms with Gasteiger partial charge in [-0.2, -0.15) is 0 Å². The molecule has 2 unspecified atom stereocenters. The lowest BCUT2D eigenvalue weighted by molar-refractivity contribution is -0.130. The van der Waals surface area contributed by atoms with Crippen LogP contribution in [-0.2, 0) is 15.0 Å². The van der Waals surface area contributed by atoms with E-state index in [0.29, 0.717) is 37.8 Å². The predicted octanol–water partition coefficient (Wildman–Crippen LogP) is 6.22. The molecule has 0 aromatic heterocycles. The van der Waals surface area contributed by atoms with E-state index in [1.54, 1.807) is 19.1 Å². The van der Waals surface area contributed by atoms with Gasteiger partial charge in [0.25, 0.3) is 0 Å². The molecule has 2 fully saturated rings. The first-order valence-corrected chi connectivity index (χ1v) is 14.8.